The molecule has 0 saturated carbocycles. The van der Waals surface area contributed by atoms with Crippen LogP contribution in [0.1, 0.15) is 18.6 Å². The van der Waals surface area contributed by atoms with Crippen molar-refractivity contribution in [2.75, 3.05) is 6.61 Å². The Morgan fingerprint density at radius 3 is 2.79 bits per heavy atom. The van der Waals surface area contributed by atoms with E-state index >= 15 is 0 Å². The lowest BCUT2D eigenvalue weighted by molar-refractivity contribution is 0.190. The molecular weight excluding hydrogens is 246 g/mol. The summed E-state index contributed by atoms with van der Waals surface area (Å²) >= 11 is 3.30. The van der Waals surface area contributed by atoms with E-state index in [1.807, 2.05) is 18.2 Å². The molecule has 1 atom stereocenters. The van der Waals surface area contributed by atoms with Crippen LogP contribution in [0.5, 0.6) is 0 Å². The van der Waals surface area contributed by atoms with E-state index in [1.54, 1.807) is 13.0 Å². The first-order valence-electron chi connectivity index (χ1n) is 4.30. The number of halogens is 1. The minimum atomic E-state index is -0.995. The van der Waals surface area contributed by atoms with Crippen LogP contribution in [-0.2, 0) is 4.74 Å². The molecule has 4 heteroatoms. The summed E-state index contributed by atoms with van der Waals surface area (Å²) in [5, 5.41) is 17.2. The molecule has 2 N–H and O–H groups in total. The predicted molar refractivity (Wildman–Crippen MR) is 58.5 cm³/mol. The number of rotatable bonds is 3. The molecule has 0 aliphatic rings. The van der Waals surface area contributed by atoms with E-state index in [0.717, 1.165) is 4.47 Å². The normalized spacial score (nSPS) is 12.2. The quantitative estimate of drug-likeness (QED) is 0.646. The largest absolute Gasteiger partial charge is 0.479 e. The molecule has 0 radical (unpaired) electrons. The Morgan fingerprint density at radius 2 is 2.21 bits per heavy atom. The van der Waals surface area contributed by atoms with E-state index in [9.17, 15) is 5.11 Å². The average molecular weight is 258 g/mol. The molecule has 1 aromatic carbocycles. The molecule has 0 aliphatic heterocycles. The van der Waals surface area contributed by atoms with Crippen LogP contribution in [0, 0.1) is 5.41 Å². The molecule has 0 spiro atoms. The third-order valence-electron chi connectivity index (χ3n) is 1.75. The standard InChI is InChI=1S/C10H12BrNO2/c1-2-14-10(12)9(13)7-5-3-4-6-8(7)11/h3-6,9,12-13H,2H2,1H3/t9-/m1/s1. The van der Waals surface area contributed by atoms with Gasteiger partial charge in [0, 0.05) is 10.0 Å². The fraction of sp³-hybridized carbons (Fsp3) is 0.300. The Labute approximate surface area is 91.4 Å². The summed E-state index contributed by atoms with van der Waals surface area (Å²) in [7, 11) is 0. The zero-order valence-corrected chi connectivity index (χ0v) is 9.41. The lowest BCUT2D eigenvalue weighted by atomic mass is 10.1. The van der Waals surface area contributed by atoms with Gasteiger partial charge in [-0.05, 0) is 13.0 Å². The monoisotopic (exact) mass is 257 g/mol. The fourth-order valence-electron chi connectivity index (χ4n) is 1.07. The van der Waals surface area contributed by atoms with E-state index < -0.39 is 6.10 Å². The fourth-order valence-corrected chi connectivity index (χ4v) is 1.57. The van der Waals surface area contributed by atoms with Crippen LogP contribution in [0.15, 0.2) is 28.7 Å². The first-order chi connectivity index (χ1) is 6.66. The number of aliphatic hydroxyl groups is 1. The maximum absolute atomic E-state index is 9.72. The third-order valence-corrected chi connectivity index (χ3v) is 2.47. The van der Waals surface area contributed by atoms with Crippen molar-refractivity contribution < 1.29 is 9.84 Å². The first kappa shape index (κ1) is 11.2. The second-order valence-electron chi connectivity index (χ2n) is 2.72. The summed E-state index contributed by atoms with van der Waals surface area (Å²) in [5.74, 6) is -0.126. The van der Waals surface area contributed by atoms with Crippen LogP contribution >= 0.6 is 15.9 Å². The van der Waals surface area contributed by atoms with Gasteiger partial charge in [0.2, 0.25) is 5.90 Å². The highest BCUT2D eigenvalue weighted by atomic mass is 79.9. The summed E-state index contributed by atoms with van der Waals surface area (Å²) in [4.78, 5) is 0. The summed E-state index contributed by atoms with van der Waals surface area (Å²) < 4.78 is 5.70. The Balaban J connectivity index is 2.84. The van der Waals surface area contributed by atoms with Crippen molar-refractivity contribution in [2.24, 2.45) is 0 Å². The molecule has 0 aromatic heterocycles. The van der Waals surface area contributed by atoms with Crippen LogP contribution in [-0.4, -0.2) is 17.6 Å². The van der Waals surface area contributed by atoms with Gasteiger partial charge in [0.05, 0.1) is 6.61 Å². The minimum Gasteiger partial charge on any atom is -0.479 e. The lowest BCUT2D eigenvalue weighted by Gasteiger charge is -2.13. The van der Waals surface area contributed by atoms with Gasteiger partial charge in [-0.25, -0.2) is 0 Å². The highest BCUT2D eigenvalue weighted by Gasteiger charge is 2.16. The van der Waals surface area contributed by atoms with Gasteiger partial charge in [0.15, 0.2) is 6.10 Å². The van der Waals surface area contributed by atoms with Crippen molar-refractivity contribution in [3.63, 3.8) is 0 Å². The molecular formula is C10H12BrNO2. The van der Waals surface area contributed by atoms with E-state index in [2.05, 4.69) is 15.9 Å². The highest BCUT2D eigenvalue weighted by molar-refractivity contribution is 9.10. The van der Waals surface area contributed by atoms with Crippen molar-refractivity contribution in [1.82, 2.24) is 0 Å². The van der Waals surface area contributed by atoms with E-state index in [0.29, 0.717) is 12.2 Å². The van der Waals surface area contributed by atoms with Crippen molar-refractivity contribution in [3.8, 4) is 0 Å². The molecule has 1 aromatic rings. The van der Waals surface area contributed by atoms with Gasteiger partial charge < -0.3 is 9.84 Å². The molecule has 0 heterocycles. The Bertz CT molecular complexity index is 328. The molecule has 0 aliphatic carbocycles. The Kier molecular flexibility index (Phi) is 4.10. The summed E-state index contributed by atoms with van der Waals surface area (Å²) in [6.45, 7) is 2.17. The van der Waals surface area contributed by atoms with Gasteiger partial charge in [-0.1, -0.05) is 34.1 Å². The van der Waals surface area contributed by atoms with Crippen LogP contribution < -0.4 is 0 Å². The van der Waals surface area contributed by atoms with E-state index in [1.165, 1.54) is 0 Å². The van der Waals surface area contributed by atoms with Gasteiger partial charge in [0.1, 0.15) is 0 Å². The molecule has 3 nitrogen and oxygen atoms in total. The number of hydrogen-bond donors (Lipinski definition) is 2. The molecule has 0 fully saturated rings. The topological polar surface area (TPSA) is 53.3 Å². The van der Waals surface area contributed by atoms with E-state index in [4.69, 9.17) is 10.1 Å². The second-order valence-corrected chi connectivity index (χ2v) is 3.58. The van der Waals surface area contributed by atoms with E-state index in [-0.39, 0.29) is 5.90 Å². The second kappa shape index (κ2) is 5.12. The molecule has 76 valence electrons. The molecule has 0 unspecified atom stereocenters. The minimum absolute atomic E-state index is 0.126. The molecule has 0 saturated heterocycles. The van der Waals surface area contributed by atoms with Crippen molar-refractivity contribution in [3.05, 3.63) is 34.3 Å². The predicted octanol–water partition coefficient (Wildman–Crippen LogP) is 2.50. The maximum Gasteiger partial charge on any atom is 0.214 e. The molecule has 14 heavy (non-hydrogen) atoms. The summed E-state index contributed by atoms with van der Waals surface area (Å²) in [5.41, 5.74) is 0.644. The molecule has 0 bridgehead atoms. The van der Waals surface area contributed by atoms with Crippen LogP contribution in [0.3, 0.4) is 0 Å². The molecule has 1 rings (SSSR count). The lowest BCUT2D eigenvalue weighted by Crippen LogP contribution is -2.14. The SMILES string of the molecule is CCOC(=N)[C@H](O)c1ccccc1Br. The summed E-state index contributed by atoms with van der Waals surface area (Å²) in [6.07, 6.45) is -0.995. The smallest absolute Gasteiger partial charge is 0.214 e. The summed E-state index contributed by atoms with van der Waals surface area (Å²) in [6, 6.07) is 7.23. The number of aliphatic hydroxyl groups excluding tert-OH is 1. The van der Waals surface area contributed by atoms with Crippen LogP contribution in [0.25, 0.3) is 0 Å². The number of nitrogens with one attached hydrogen (secondary N) is 1. The zero-order chi connectivity index (χ0) is 10.6. The van der Waals surface area contributed by atoms with Gasteiger partial charge in [0.25, 0.3) is 0 Å². The number of ether oxygens (including phenoxy) is 1. The van der Waals surface area contributed by atoms with Gasteiger partial charge in [-0.2, -0.15) is 0 Å². The first-order valence-corrected chi connectivity index (χ1v) is 5.09. The van der Waals surface area contributed by atoms with Crippen molar-refractivity contribution in [2.45, 2.75) is 13.0 Å². The van der Waals surface area contributed by atoms with Crippen molar-refractivity contribution in [1.29, 1.82) is 5.41 Å². The third kappa shape index (κ3) is 2.56. The van der Waals surface area contributed by atoms with Crippen LogP contribution in [0.4, 0.5) is 0 Å². The van der Waals surface area contributed by atoms with Gasteiger partial charge in [-0.15, -0.1) is 0 Å². The Morgan fingerprint density at radius 1 is 1.57 bits per heavy atom. The Hall–Kier alpha value is -0.870. The van der Waals surface area contributed by atoms with Gasteiger partial charge in [-0.3, -0.25) is 5.41 Å². The van der Waals surface area contributed by atoms with Gasteiger partial charge >= 0.3 is 0 Å². The molecule has 0 amide bonds. The zero-order valence-electron chi connectivity index (χ0n) is 7.83. The highest BCUT2D eigenvalue weighted by Crippen LogP contribution is 2.23. The van der Waals surface area contributed by atoms with Crippen LogP contribution in [0.2, 0.25) is 0 Å². The average Bonchev–Trinajstić information content (AvgIpc) is 2.18. The number of benzene rings is 1. The number of hydrogen-bond acceptors (Lipinski definition) is 3. The maximum atomic E-state index is 9.72. The van der Waals surface area contributed by atoms with Crippen molar-refractivity contribution >= 4 is 21.8 Å².